The molecule has 2 aliphatic rings. The number of thiophene rings is 1. The number of para-hydroxylation sites is 1. The van der Waals surface area contributed by atoms with Crippen molar-refractivity contribution in [3.63, 3.8) is 0 Å². The number of anilines is 1. The lowest BCUT2D eigenvalue weighted by Gasteiger charge is -2.34. The lowest BCUT2D eigenvalue weighted by atomic mass is 9.72. The van der Waals surface area contributed by atoms with E-state index in [-0.39, 0.29) is 23.2 Å². The molecule has 1 aromatic heterocycles. The molecule has 1 amide bonds. The molecule has 0 saturated carbocycles. The van der Waals surface area contributed by atoms with Gasteiger partial charge in [0.1, 0.15) is 16.9 Å². The maximum Gasteiger partial charge on any atom is 0.256 e. The quantitative estimate of drug-likeness (QED) is 0.707. The Balaban J connectivity index is 1.67. The molecule has 0 radical (unpaired) electrons. The fourth-order valence-corrected chi connectivity index (χ4v) is 5.28. The van der Waals surface area contributed by atoms with Crippen LogP contribution in [0.5, 0.6) is 5.75 Å². The van der Waals surface area contributed by atoms with Crippen molar-refractivity contribution in [2.75, 3.05) is 5.32 Å². The average molecular weight is 356 g/mol. The molecule has 0 bridgehead atoms. The zero-order valence-electron chi connectivity index (χ0n) is 14.8. The molecule has 1 aliphatic heterocycles. The second-order valence-corrected chi connectivity index (χ2v) is 9.23. The molecule has 5 heteroatoms. The first kappa shape index (κ1) is 16.5. The summed E-state index contributed by atoms with van der Waals surface area (Å²) in [4.78, 5) is 14.1. The summed E-state index contributed by atoms with van der Waals surface area (Å²) in [7, 11) is 0. The van der Waals surface area contributed by atoms with Gasteiger partial charge in [0.2, 0.25) is 0 Å². The number of fused-ring (bicyclic) bond motifs is 3. The van der Waals surface area contributed by atoms with E-state index in [0.29, 0.717) is 11.5 Å². The van der Waals surface area contributed by atoms with E-state index in [1.807, 2.05) is 12.1 Å². The van der Waals surface area contributed by atoms with Crippen molar-refractivity contribution in [2.45, 2.75) is 46.2 Å². The highest BCUT2D eigenvalue weighted by atomic mass is 32.1. The molecule has 4 rings (SSSR count). The Hall–Kier alpha value is -2.01. The first-order valence-electron chi connectivity index (χ1n) is 8.84. The fraction of sp³-hybridized carbons (Fsp3) is 0.450. The first-order chi connectivity index (χ1) is 11.8. The normalized spacial score (nSPS) is 22.6. The Bertz CT molecular complexity index is 835. The summed E-state index contributed by atoms with van der Waals surface area (Å²) in [6.07, 6.45) is 2.77. The summed E-state index contributed by atoms with van der Waals surface area (Å²) < 4.78 is 0. The average Bonchev–Trinajstić information content (AvgIpc) is 2.92. The number of hydrogen-bond acceptors (Lipinski definition) is 4. The Morgan fingerprint density at radius 3 is 2.68 bits per heavy atom. The summed E-state index contributed by atoms with van der Waals surface area (Å²) in [6.45, 7) is 6.90. The Labute approximate surface area is 152 Å². The maximum absolute atomic E-state index is 12.8. The number of amides is 1. The number of carbonyl (C=O) groups is 1. The molecule has 1 aromatic carbocycles. The standard InChI is InChI=1S/C20H24N2O2S/c1-20(2,3)11-8-9-13-15(10-11)25-19-16(13)18(24)21-17(22-19)12-6-4-5-7-14(12)23/h4-7,11,17,22-23H,8-10H2,1-3H3,(H,21,24)/t11-,17-/m0/s1. The molecule has 0 spiro atoms. The molecule has 2 heterocycles. The van der Waals surface area contributed by atoms with Gasteiger partial charge >= 0.3 is 0 Å². The maximum atomic E-state index is 12.8. The third-order valence-electron chi connectivity index (χ3n) is 5.52. The number of phenolic OH excluding ortho intramolecular Hbond substituents is 1. The molecular weight excluding hydrogens is 332 g/mol. The van der Waals surface area contributed by atoms with Crippen LogP contribution in [0.25, 0.3) is 0 Å². The van der Waals surface area contributed by atoms with E-state index in [1.165, 1.54) is 10.4 Å². The molecule has 1 aliphatic carbocycles. The highest BCUT2D eigenvalue weighted by Crippen LogP contribution is 2.46. The van der Waals surface area contributed by atoms with Gasteiger partial charge in [0.15, 0.2) is 0 Å². The highest BCUT2D eigenvalue weighted by Gasteiger charge is 2.36. The van der Waals surface area contributed by atoms with Crippen molar-refractivity contribution in [1.82, 2.24) is 5.32 Å². The molecule has 25 heavy (non-hydrogen) atoms. The van der Waals surface area contributed by atoms with Crippen LogP contribution in [-0.4, -0.2) is 11.0 Å². The van der Waals surface area contributed by atoms with Crippen LogP contribution in [-0.2, 0) is 12.8 Å². The Kier molecular flexibility index (Phi) is 3.80. The van der Waals surface area contributed by atoms with Crippen molar-refractivity contribution >= 4 is 22.2 Å². The van der Waals surface area contributed by atoms with E-state index in [2.05, 4.69) is 31.4 Å². The van der Waals surface area contributed by atoms with Gasteiger partial charge < -0.3 is 15.7 Å². The zero-order valence-corrected chi connectivity index (χ0v) is 15.7. The number of phenols is 1. The minimum atomic E-state index is -0.389. The lowest BCUT2D eigenvalue weighted by Crippen LogP contribution is -2.38. The summed E-state index contributed by atoms with van der Waals surface area (Å²) in [6, 6.07) is 7.13. The van der Waals surface area contributed by atoms with E-state index in [1.54, 1.807) is 23.5 Å². The second-order valence-electron chi connectivity index (χ2n) is 8.12. The fourth-order valence-electron chi connectivity index (χ4n) is 3.92. The minimum absolute atomic E-state index is 0.0336. The number of benzene rings is 1. The van der Waals surface area contributed by atoms with Gasteiger partial charge in [-0.15, -0.1) is 11.3 Å². The molecule has 4 nitrogen and oxygen atoms in total. The van der Waals surface area contributed by atoms with E-state index in [9.17, 15) is 9.90 Å². The van der Waals surface area contributed by atoms with Gasteiger partial charge in [-0.2, -0.15) is 0 Å². The number of aromatic hydroxyl groups is 1. The van der Waals surface area contributed by atoms with Crippen LogP contribution in [0.15, 0.2) is 24.3 Å². The van der Waals surface area contributed by atoms with Crippen molar-refractivity contribution < 1.29 is 9.90 Å². The summed E-state index contributed by atoms with van der Waals surface area (Å²) in [5, 5.41) is 17.5. The van der Waals surface area contributed by atoms with Crippen molar-refractivity contribution in [2.24, 2.45) is 11.3 Å². The molecule has 0 fully saturated rings. The van der Waals surface area contributed by atoms with Gasteiger partial charge in [0, 0.05) is 10.4 Å². The van der Waals surface area contributed by atoms with Gasteiger partial charge in [-0.05, 0) is 42.2 Å². The van der Waals surface area contributed by atoms with Crippen molar-refractivity contribution in [3.8, 4) is 5.75 Å². The van der Waals surface area contributed by atoms with Gasteiger partial charge in [0.25, 0.3) is 5.91 Å². The number of nitrogens with one attached hydrogen (secondary N) is 2. The van der Waals surface area contributed by atoms with Crippen LogP contribution >= 0.6 is 11.3 Å². The predicted molar refractivity (Wildman–Crippen MR) is 101 cm³/mol. The van der Waals surface area contributed by atoms with Crippen LogP contribution in [0.1, 0.15) is 59.7 Å². The monoisotopic (exact) mass is 356 g/mol. The van der Waals surface area contributed by atoms with Gasteiger partial charge in [0.05, 0.1) is 5.56 Å². The molecule has 0 unspecified atom stereocenters. The van der Waals surface area contributed by atoms with Gasteiger partial charge in [-0.1, -0.05) is 39.0 Å². The lowest BCUT2D eigenvalue weighted by molar-refractivity contribution is 0.0934. The molecule has 3 N–H and O–H groups in total. The van der Waals surface area contributed by atoms with Crippen LogP contribution < -0.4 is 10.6 Å². The largest absolute Gasteiger partial charge is 0.508 e. The second kappa shape index (κ2) is 5.77. The number of hydrogen-bond donors (Lipinski definition) is 3. The molecule has 2 atom stereocenters. The minimum Gasteiger partial charge on any atom is -0.508 e. The third kappa shape index (κ3) is 2.80. The third-order valence-corrected chi connectivity index (χ3v) is 6.70. The molecular formula is C20H24N2O2S. The molecule has 2 aromatic rings. The van der Waals surface area contributed by atoms with Gasteiger partial charge in [-0.3, -0.25) is 4.79 Å². The van der Waals surface area contributed by atoms with Crippen LogP contribution in [0.4, 0.5) is 5.00 Å². The Morgan fingerprint density at radius 1 is 1.20 bits per heavy atom. The van der Waals surface area contributed by atoms with Gasteiger partial charge in [-0.25, -0.2) is 0 Å². The first-order valence-corrected chi connectivity index (χ1v) is 9.66. The molecule has 0 saturated heterocycles. The number of carbonyl (C=O) groups excluding carboxylic acids is 1. The topological polar surface area (TPSA) is 61.4 Å². The van der Waals surface area contributed by atoms with E-state index in [0.717, 1.165) is 29.8 Å². The SMILES string of the molecule is CC(C)(C)[C@H]1CCc2c(sc3c2C(=O)N[C@H](c2ccccc2O)N3)C1. The summed E-state index contributed by atoms with van der Waals surface area (Å²) in [5.41, 5.74) is 3.02. The van der Waals surface area contributed by atoms with E-state index >= 15 is 0 Å². The smallest absolute Gasteiger partial charge is 0.256 e. The summed E-state index contributed by atoms with van der Waals surface area (Å²) in [5.74, 6) is 0.809. The zero-order chi connectivity index (χ0) is 17.8. The van der Waals surface area contributed by atoms with Crippen molar-refractivity contribution in [1.29, 1.82) is 0 Å². The predicted octanol–water partition coefficient (Wildman–Crippen LogP) is 4.46. The number of rotatable bonds is 1. The van der Waals surface area contributed by atoms with E-state index in [4.69, 9.17) is 0 Å². The van der Waals surface area contributed by atoms with E-state index < -0.39 is 0 Å². The summed E-state index contributed by atoms with van der Waals surface area (Å²) >= 11 is 1.71. The van der Waals surface area contributed by atoms with Crippen molar-refractivity contribution in [3.05, 3.63) is 45.8 Å². The van der Waals surface area contributed by atoms with Crippen LogP contribution in [0.2, 0.25) is 0 Å². The van der Waals surface area contributed by atoms with Crippen LogP contribution in [0.3, 0.4) is 0 Å². The highest BCUT2D eigenvalue weighted by molar-refractivity contribution is 7.16. The molecule has 132 valence electrons. The van der Waals surface area contributed by atoms with Crippen LogP contribution in [0, 0.1) is 11.3 Å². The Morgan fingerprint density at radius 2 is 1.96 bits per heavy atom.